The van der Waals surface area contributed by atoms with Gasteiger partial charge >= 0.3 is 5.69 Å². The number of anilines is 1. The highest BCUT2D eigenvalue weighted by atomic mass is 16.2. The summed E-state index contributed by atoms with van der Waals surface area (Å²) in [7, 11) is 0. The van der Waals surface area contributed by atoms with Gasteiger partial charge in [-0.3, -0.25) is 23.9 Å². The minimum atomic E-state index is -0.661. The van der Waals surface area contributed by atoms with Gasteiger partial charge in [0.05, 0.1) is 10.9 Å². The third-order valence-electron chi connectivity index (χ3n) is 5.67. The van der Waals surface area contributed by atoms with Gasteiger partial charge in [0.15, 0.2) is 5.65 Å². The fourth-order valence-electron chi connectivity index (χ4n) is 3.82. The van der Waals surface area contributed by atoms with E-state index in [0.717, 1.165) is 0 Å². The van der Waals surface area contributed by atoms with Gasteiger partial charge in [0.2, 0.25) is 0 Å². The molecule has 0 saturated carbocycles. The summed E-state index contributed by atoms with van der Waals surface area (Å²) in [5, 5.41) is 2.86. The number of benzene rings is 1. The summed E-state index contributed by atoms with van der Waals surface area (Å²) in [5.41, 5.74) is 0.583. The second-order valence-electron chi connectivity index (χ2n) is 8.37. The number of hydrogen-bond donors (Lipinski definition) is 2. The lowest BCUT2D eigenvalue weighted by molar-refractivity contribution is 0.0772. The first kappa shape index (κ1) is 24.9. The zero-order valence-electron chi connectivity index (χ0n) is 20.3. The van der Waals surface area contributed by atoms with E-state index in [0.29, 0.717) is 43.0 Å². The van der Waals surface area contributed by atoms with E-state index in [4.69, 9.17) is 0 Å². The quantitative estimate of drug-likeness (QED) is 0.529. The summed E-state index contributed by atoms with van der Waals surface area (Å²) >= 11 is 0. The molecule has 0 aliphatic carbocycles. The van der Waals surface area contributed by atoms with Crippen molar-refractivity contribution in [1.82, 2.24) is 19.4 Å². The van der Waals surface area contributed by atoms with Crippen molar-refractivity contribution in [3.05, 3.63) is 68.0 Å². The molecule has 9 nitrogen and oxygen atoms in total. The average molecular weight is 466 g/mol. The van der Waals surface area contributed by atoms with Crippen molar-refractivity contribution in [2.75, 3.05) is 18.4 Å². The molecule has 0 radical (unpaired) electrons. The fraction of sp³-hybridized carbons (Fsp3) is 0.400. The van der Waals surface area contributed by atoms with Crippen LogP contribution in [0.15, 0.2) is 39.9 Å². The van der Waals surface area contributed by atoms with Crippen molar-refractivity contribution in [3.8, 4) is 0 Å². The number of rotatable bonds is 8. The Morgan fingerprint density at radius 1 is 1.12 bits per heavy atom. The number of nitrogens with zero attached hydrogens (tertiary/aromatic N) is 3. The zero-order valence-corrected chi connectivity index (χ0v) is 20.3. The second kappa shape index (κ2) is 10.5. The van der Waals surface area contributed by atoms with Crippen LogP contribution in [0.5, 0.6) is 0 Å². The van der Waals surface area contributed by atoms with Gasteiger partial charge in [0.1, 0.15) is 0 Å². The van der Waals surface area contributed by atoms with Crippen molar-refractivity contribution < 1.29 is 9.59 Å². The van der Waals surface area contributed by atoms with Gasteiger partial charge in [0, 0.05) is 36.6 Å². The van der Waals surface area contributed by atoms with Gasteiger partial charge < -0.3 is 10.2 Å². The van der Waals surface area contributed by atoms with Crippen molar-refractivity contribution in [2.45, 2.75) is 53.5 Å². The third-order valence-corrected chi connectivity index (χ3v) is 5.67. The number of pyridine rings is 1. The molecule has 0 bridgehead atoms. The summed E-state index contributed by atoms with van der Waals surface area (Å²) in [4.78, 5) is 59.8. The molecule has 0 aliphatic heterocycles. The predicted molar refractivity (Wildman–Crippen MR) is 133 cm³/mol. The minimum absolute atomic E-state index is 0.0320. The SMILES string of the molecule is CCCn1c(=O)[nH]c(=O)c2c(C(=O)Nc3cccc(C(=O)N(CC)CC)c3)cc(C(C)C)nc21. The van der Waals surface area contributed by atoms with Gasteiger partial charge in [0.25, 0.3) is 17.4 Å². The van der Waals surface area contributed by atoms with Crippen LogP contribution in [0, 0.1) is 0 Å². The number of carbonyl (C=O) groups excluding carboxylic acids is 2. The summed E-state index contributed by atoms with van der Waals surface area (Å²) in [5.74, 6) is -0.679. The third kappa shape index (κ3) is 4.93. The first-order valence-corrected chi connectivity index (χ1v) is 11.6. The van der Waals surface area contributed by atoms with Crippen LogP contribution >= 0.6 is 0 Å². The van der Waals surface area contributed by atoms with Gasteiger partial charge in [-0.25, -0.2) is 9.78 Å². The second-order valence-corrected chi connectivity index (χ2v) is 8.37. The minimum Gasteiger partial charge on any atom is -0.339 e. The standard InChI is InChI=1S/C25H31N5O4/c1-6-12-30-21-20(23(32)28-25(30)34)18(14-19(27-21)15(4)5)22(31)26-17-11-9-10-16(13-17)24(33)29(7-2)8-3/h9-11,13-15H,6-8,12H2,1-5H3,(H,26,31)(H,28,32,34). The van der Waals surface area contributed by atoms with Crippen LogP contribution in [-0.4, -0.2) is 44.3 Å². The van der Waals surface area contributed by atoms with E-state index in [2.05, 4.69) is 15.3 Å². The molecule has 0 fully saturated rings. The number of amides is 2. The summed E-state index contributed by atoms with van der Waals surface area (Å²) in [6.45, 7) is 11.1. The topological polar surface area (TPSA) is 117 Å². The molecule has 9 heteroatoms. The number of hydrogen-bond acceptors (Lipinski definition) is 5. The Labute approximate surface area is 197 Å². The number of fused-ring (bicyclic) bond motifs is 1. The molecular weight excluding hydrogens is 434 g/mol. The van der Waals surface area contributed by atoms with E-state index in [1.165, 1.54) is 4.57 Å². The van der Waals surface area contributed by atoms with Crippen LogP contribution in [0.1, 0.15) is 73.4 Å². The van der Waals surface area contributed by atoms with E-state index >= 15 is 0 Å². The maximum atomic E-state index is 13.4. The molecule has 34 heavy (non-hydrogen) atoms. The summed E-state index contributed by atoms with van der Waals surface area (Å²) in [6.07, 6.45) is 0.656. The molecular formula is C25H31N5O4. The van der Waals surface area contributed by atoms with Gasteiger partial charge in [-0.2, -0.15) is 0 Å². The van der Waals surface area contributed by atoms with Crippen molar-refractivity contribution in [1.29, 1.82) is 0 Å². The molecule has 0 atom stereocenters. The molecule has 1 aromatic carbocycles. The van der Waals surface area contributed by atoms with Crippen LogP contribution in [0.2, 0.25) is 0 Å². The predicted octanol–water partition coefficient (Wildman–Crippen LogP) is 3.35. The Morgan fingerprint density at radius 3 is 2.44 bits per heavy atom. The van der Waals surface area contributed by atoms with Gasteiger partial charge in [-0.05, 0) is 50.5 Å². The van der Waals surface area contributed by atoms with E-state index < -0.39 is 17.2 Å². The lowest BCUT2D eigenvalue weighted by Gasteiger charge is -2.19. The highest BCUT2D eigenvalue weighted by molar-refractivity contribution is 6.12. The molecule has 0 unspecified atom stereocenters. The molecule has 2 heterocycles. The van der Waals surface area contributed by atoms with Crippen LogP contribution in [0.25, 0.3) is 11.0 Å². The van der Waals surface area contributed by atoms with Crippen LogP contribution in [0.4, 0.5) is 5.69 Å². The molecule has 2 aromatic heterocycles. The van der Waals surface area contributed by atoms with Crippen molar-refractivity contribution in [3.63, 3.8) is 0 Å². The molecule has 0 aliphatic rings. The number of nitrogens with one attached hydrogen (secondary N) is 2. The molecule has 2 N–H and O–H groups in total. The molecule has 3 rings (SSSR count). The molecule has 2 amide bonds. The van der Waals surface area contributed by atoms with Crippen LogP contribution in [-0.2, 0) is 6.54 Å². The maximum Gasteiger partial charge on any atom is 0.329 e. The molecule has 180 valence electrons. The number of aromatic amines is 1. The van der Waals surface area contributed by atoms with Crippen molar-refractivity contribution >= 4 is 28.5 Å². The van der Waals surface area contributed by atoms with Crippen molar-refractivity contribution in [2.24, 2.45) is 0 Å². The van der Waals surface area contributed by atoms with E-state index in [1.807, 2.05) is 34.6 Å². The van der Waals surface area contributed by atoms with Crippen LogP contribution in [0.3, 0.4) is 0 Å². The maximum absolute atomic E-state index is 13.4. The molecule has 0 saturated heterocycles. The first-order chi connectivity index (χ1) is 16.2. The number of aromatic nitrogens is 3. The Bertz CT molecular complexity index is 1340. The summed E-state index contributed by atoms with van der Waals surface area (Å²) < 4.78 is 1.39. The smallest absolute Gasteiger partial charge is 0.329 e. The van der Waals surface area contributed by atoms with E-state index in [1.54, 1.807) is 35.2 Å². The zero-order chi connectivity index (χ0) is 25.0. The molecule has 0 spiro atoms. The fourth-order valence-corrected chi connectivity index (χ4v) is 3.82. The highest BCUT2D eigenvalue weighted by Crippen LogP contribution is 2.22. The Kier molecular flexibility index (Phi) is 7.65. The molecule has 3 aromatic rings. The number of H-pyrrole nitrogens is 1. The highest BCUT2D eigenvalue weighted by Gasteiger charge is 2.21. The average Bonchev–Trinajstić information content (AvgIpc) is 2.81. The lowest BCUT2D eigenvalue weighted by atomic mass is 10.0. The Balaban J connectivity index is 2.11. The van der Waals surface area contributed by atoms with E-state index in [-0.39, 0.29) is 28.4 Å². The number of carbonyl (C=O) groups is 2. The Morgan fingerprint density at radius 2 is 1.82 bits per heavy atom. The van der Waals surface area contributed by atoms with Gasteiger partial charge in [-0.15, -0.1) is 0 Å². The lowest BCUT2D eigenvalue weighted by Crippen LogP contribution is -2.32. The number of aryl methyl sites for hydroxylation is 1. The van der Waals surface area contributed by atoms with E-state index in [9.17, 15) is 19.2 Å². The first-order valence-electron chi connectivity index (χ1n) is 11.6. The largest absolute Gasteiger partial charge is 0.339 e. The van der Waals surface area contributed by atoms with Gasteiger partial charge in [-0.1, -0.05) is 26.8 Å². The van der Waals surface area contributed by atoms with Crippen LogP contribution < -0.4 is 16.6 Å². The monoisotopic (exact) mass is 465 g/mol. The summed E-state index contributed by atoms with van der Waals surface area (Å²) in [6, 6.07) is 8.28. The Hall–Kier alpha value is -3.75. The normalized spacial score (nSPS) is 11.1.